The van der Waals surface area contributed by atoms with Gasteiger partial charge in [-0.25, -0.2) is 0 Å². The maximum Gasteiger partial charge on any atom is 0.311 e. The Hall–Kier alpha value is -1.38. The quantitative estimate of drug-likeness (QED) is 0.414. The number of carbonyl (C=O) groups is 1. The fourth-order valence-corrected chi connectivity index (χ4v) is 5.66. The van der Waals surface area contributed by atoms with Crippen LogP contribution in [0.5, 0.6) is 5.75 Å². The highest BCUT2D eigenvalue weighted by Crippen LogP contribution is 2.42. The number of rotatable bonds is 9. The molecule has 2 aliphatic rings. The molecule has 2 fully saturated rings. The standard InChI is InChI=1S/C26H41NO2/c1-3-5-20-7-12-22(13-8-20)23-14-9-21(10-15-23)11-16-24-17-18-25(19-27-24)29-26(28)6-4-2/h17-23H,3-16H2,1-2H3. The van der Waals surface area contributed by atoms with Crippen LogP contribution >= 0.6 is 0 Å². The number of ether oxygens (including phenoxy) is 1. The van der Waals surface area contributed by atoms with Gasteiger partial charge in [-0.15, -0.1) is 0 Å². The van der Waals surface area contributed by atoms with Gasteiger partial charge in [-0.2, -0.15) is 0 Å². The van der Waals surface area contributed by atoms with Crippen LogP contribution in [0.3, 0.4) is 0 Å². The molecule has 29 heavy (non-hydrogen) atoms. The van der Waals surface area contributed by atoms with Gasteiger partial charge in [0.1, 0.15) is 5.75 Å². The zero-order chi connectivity index (χ0) is 20.5. The first-order valence-corrected chi connectivity index (χ1v) is 12.3. The summed E-state index contributed by atoms with van der Waals surface area (Å²) >= 11 is 0. The lowest BCUT2D eigenvalue weighted by atomic mass is 9.68. The first-order valence-electron chi connectivity index (χ1n) is 12.3. The molecule has 0 N–H and O–H groups in total. The number of carbonyl (C=O) groups excluding carboxylic acids is 1. The monoisotopic (exact) mass is 399 g/mol. The van der Waals surface area contributed by atoms with Crippen LogP contribution in [0.2, 0.25) is 0 Å². The lowest BCUT2D eigenvalue weighted by Gasteiger charge is -2.38. The SMILES string of the molecule is CCCC(=O)Oc1ccc(CCC2CCC(C3CCC(CCC)CC3)CC2)nc1. The van der Waals surface area contributed by atoms with Crippen LogP contribution in [0.1, 0.15) is 103 Å². The summed E-state index contributed by atoms with van der Waals surface area (Å²) in [5, 5.41) is 0. The number of hydrogen-bond donors (Lipinski definition) is 0. The zero-order valence-electron chi connectivity index (χ0n) is 18.7. The number of aromatic nitrogens is 1. The Morgan fingerprint density at radius 2 is 1.52 bits per heavy atom. The van der Waals surface area contributed by atoms with Crippen molar-refractivity contribution in [3.8, 4) is 5.75 Å². The molecule has 0 amide bonds. The van der Waals surface area contributed by atoms with Crippen molar-refractivity contribution in [1.29, 1.82) is 0 Å². The molecular formula is C26H41NO2. The van der Waals surface area contributed by atoms with Crippen LogP contribution in [0.25, 0.3) is 0 Å². The Bertz CT molecular complexity index is 596. The molecule has 2 saturated carbocycles. The van der Waals surface area contributed by atoms with Crippen molar-refractivity contribution < 1.29 is 9.53 Å². The van der Waals surface area contributed by atoms with E-state index in [1.54, 1.807) is 6.20 Å². The lowest BCUT2D eigenvalue weighted by Crippen LogP contribution is -2.26. The molecule has 162 valence electrons. The van der Waals surface area contributed by atoms with Gasteiger partial charge in [0, 0.05) is 12.1 Å². The smallest absolute Gasteiger partial charge is 0.311 e. The number of hydrogen-bond acceptors (Lipinski definition) is 3. The Labute approximate surface area is 178 Å². The third-order valence-electron chi connectivity index (χ3n) is 7.44. The van der Waals surface area contributed by atoms with Gasteiger partial charge in [-0.1, -0.05) is 52.4 Å². The summed E-state index contributed by atoms with van der Waals surface area (Å²) in [4.78, 5) is 16.1. The van der Waals surface area contributed by atoms with Gasteiger partial charge in [0.05, 0.1) is 6.20 Å². The second-order valence-electron chi connectivity index (χ2n) is 9.60. The second-order valence-corrected chi connectivity index (χ2v) is 9.60. The van der Waals surface area contributed by atoms with Gasteiger partial charge >= 0.3 is 5.97 Å². The van der Waals surface area contributed by atoms with Crippen LogP contribution in [0.4, 0.5) is 0 Å². The molecule has 1 heterocycles. The van der Waals surface area contributed by atoms with Crippen molar-refractivity contribution in [3.63, 3.8) is 0 Å². The van der Waals surface area contributed by atoms with Crippen molar-refractivity contribution in [2.45, 2.75) is 104 Å². The minimum Gasteiger partial charge on any atom is -0.425 e. The van der Waals surface area contributed by atoms with E-state index >= 15 is 0 Å². The van der Waals surface area contributed by atoms with Gasteiger partial charge in [0.25, 0.3) is 0 Å². The normalized spacial score (nSPS) is 27.5. The lowest BCUT2D eigenvalue weighted by molar-refractivity contribution is -0.134. The first kappa shape index (κ1) is 22.3. The highest BCUT2D eigenvalue weighted by molar-refractivity contribution is 5.72. The van der Waals surface area contributed by atoms with E-state index in [2.05, 4.69) is 11.9 Å². The first-order chi connectivity index (χ1) is 14.2. The highest BCUT2D eigenvalue weighted by atomic mass is 16.5. The average molecular weight is 400 g/mol. The van der Waals surface area contributed by atoms with Crippen molar-refractivity contribution >= 4 is 5.97 Å². The largest absolute Gasteiger partial charge is 0.425 e. The molecular weight excluding hydrogens is 358 g/mol. The summed E-state index contributed by atoms with van der Waals surface area (Å²) in [6, 6.07) is 3.91. The van der Waals surface area contributed by atoms with E-state index in [-0.39, 0.29) is 5.97 Å². The molecule has 0 saturated heterocycles. The molecule has 0 radical (unpaired) electrons. The fraction of sp³-hybridized carbons (Fsp3) is 0.769. The number of pyridine rings is 1. The van der Waals surface area contributed by atoms with E-state index in [0.717, 1.165) is 42.2 Å². The van der Waals surface area contributed by atoms with E-state index < -0.39 is 0 Å². The van der Waals surface area contributed by atoms with E-state index in [9.17, 15) is 4.79 Å². The molecule has 0 unspecified atom stereocenters. The number of esters is 1. The summed E-state index contributed by atoms with van der Waals surface area (Å²) in [7, 11) is 0. The highest BCUT2D eigenvalue weighted by Gasteiger charge is 2.30. The third kappa shape index (κ3) is 7.12. The maximum absolute atomic E-state index is 11.6. The summed E-state index contributed by atoms with van der Waals surface area (Å²) in [5.41, 5.74) is 1.12. The van der Waals surface area contributed by atoms with Gasteiger partial charge < -0.3 is 4.74 Å². The summed E-state index contributed by atoms with van der Waals surface area (Å²) < 4.78 is 5.29. The minimum absolute atomic E-state index is 0.169. The molecule has 0 aliphatic heterocycles. The van der Waals surface area contributed by atoms with E-state index in [0.29, 0.717) is 12.2 Å². The van der Waals surface area contributed by atoms with Crippen LogP contribution in [0, 0.1) is 23.7 Å². The summed E-state index contributed by atoms with van der Waals surface area (Å²) in [6.45, 7) is 4.31. The number of aryl methyl sites for hydroxylation is 1. The second kappa shape index (κ2) is 11.7. The van der Waals surface area contributed by atoms with Crippen molar-refractivity contribution in [3.05, 3.63) is 24.0 Å². The fourth-order valence-electron chi connectivity index (χ4n) is 5.66. The van der Waals surface area contributed by atoms with Crippen LogP contribution in [0.15, 0.2) is 18.3 Å². The molecule has 3 nitrogen and oxygen atoms in total. The van der Waals surface area contributed by atoms with Crippen molar-refractivity contribution in [2.75, 3.05) is 0 Å². The molecule has 3 heteroatoms. The van der Waals surface area contributed by atoms with Crippen LogP contribution in [-0.4, -0.2) is 11.0 Å². The maximum atomic E-state index is 11.6. The Morgan fingerprint density at radius 3 is 2.03 bits per heavy atom. The average Bonchev–Trinajstić information content (AvgIpc) is 2.75. The third-order valence-corrected chi connectivity index (χ3v) is 7.44. The molecule has 0 aromatic carbocycles. The predicted molar refractivity (Wildman–Crippen MR) is 119 cm³/mol. The van der Waals surface area contributed by atoms with Gasteiger partial charge in [-0.05, 0) is 80.8 Å². The zero-order valence-corrected chi connectivity index (χ0v) is 18.7. The van der Waals surface area contributed by atoms with E-state index in [1.165, 1.54) is 70.6 Å². The minimum atomic E-state index is -0.169. The summed E-state index contributed by atoms with van der Waals surface area (Å²) in [6.07, 6.45) is 19.8. The molecule has 2 aliphatic carbocycles. The van der Waals surface area contributed by atoms with E-state index in [1.807, 2.05) is 19.1 Å². The van der Waals surface area contributed by atoms with Gasteiger partial charge in [0.15, 0.2) is 0 Å². The Balaban J connectivity index is 1.34. The predicted octanol–water partition coefficient (Wildman–Crippen LogP) is 7.13. The summed E-state index contributed by atoms with van der Waals surface area (Å²) in [5.74, 6) is 4.32. The molecule has 0 atom stereocenters. The van der Waals surface area contributed by atoms with Gasteiger partial charge in [0.2, 0.25) is 0 Å². The van der Waals surface area contributed by atoms with Crippen molar-refractivity contribution in [2.24, 2.45) is 23.7 Å². The van der Waals surface area contributed by atoms with Crippen LogP contribution < -0.4 is 4.74 Å². The molecule has 1 aromatic rings. The molecule has 0 spiro atoms. The van der Waals surface area contributed by atoms with E-state index in [4.69, 9.17) is 4.74 Å². The molecule has 1 aromatic heterocycles. The topological polar surface area (TPSA) is 39.2 Å². The molecule has 0 bridgehead atoms. The molecule has 3 rings (SSSR count). The van der Waals surface area contributed by atoms with Crippen molar-refractivity contribution in [1.82, 2.24) is 4.98 Å². The Kier molecular flexibility index (Phi) is 9.01. The number of nitrogens with zero attached hydrogens (tertiary/aromatic N) is 1. The van der Waals surface area contributed by atoms with Crippen LogP contribution in [-0.2, 0) is 11.2 Å². The van der Waals surface area contributed by atoms with Gasteiger partial charge in [-0.3, -0.25) is 9.78 Å². The Morgan fingerprint density at radius 1 is 0.897 bits per heavy atom.